The number of carbonyl (C=O) groups is 2. The summed E-state index contributed by atoms with van der Waals surface area (Å²) in [6.07, 6.45) is 6.84. The van der Waals surface area contributed by atoms with Gasteiger partial charge < -0.3 is 14.8 Å². The molecule has 1 aliphatic carbocycles. The fourth-order valence-electron chi connectivity index (χ4n) is 3.35. The van der Waals surface area contributed by atoms with Crippen molar-refractivity contribution in [2.75, 3.05) is 18.5 Å². The summed E-state index contributed by atoms with van der Waals surface area (Å²) in [7, 11) is 0. The lowest BCUT2D eigenvalue weighted by molar-refractivity contribution is 0.0505. The number of esters is 1. The minimum Gasteiger partial charge on any atom is -0.494 e. The molecule has 6 heteroatoms. The molecule has 0 fully saturated rings. The van der Waals surface area contributed by atoms with E-state index >= 15 is 0 Å². The second-order valence-electron chi connectivity index (χ2n) is 7.23. The topological polar surface area (TPSA) is 64.6 Å². The van der Waals surface area contributed by atoms with E-state index in [4.69, 9.17) is 9.47 Å². The Bertz CT molecular complexity index is 841. The smallest absolute Gasteiger partial charge is 0.341 e. The molecule has 0 unspecified atom stereocenters. The normalized spacial score (nSPS) is 12.9. The van der Waals surface area contributed by atoms with Gasteiger partial charge in [0.25, 0.3) is 5.91 Å². The standard InChI is InChI=1S/C23H29NO4S/c1-3-5-15-27-17-12-10-16(11-13-17)21(25)24-22-20(23(26)28-14-4-2)18-8-6-7-9-19(18)29-22/h10-13H,3-9,14-15H2,1-2H3,(H,24,25). The molecule has 0 aliphatic heterocycles. The van der Waals surface area contributed by atoms with E-state index in [0.29, 0.717) is 29.3 Å². The van der Waals surface area contributed by atoms with Crippen LogP contribution in [-0.2, 0) is 17.6 Å². The third-order valence-corrected chi connectivity index (χ3v) is 6.13. The van der Waals surface area contributed by atoms with Gasteiger partial charge in [0.1, 0.15) is 10.8 Å². The summed E-state index contributed by atoms with van der Waals surface area (Å²) in [5, 5.41) is 3.55. The van der Waals surface area contributed by atoms with Crippen LogP contribution in [0.3, 0.4) is 0 Å². The van der Waals surface area contributed by atoms with Gasteiger partial charge in [0, 0.05) is 10.4 Å². The highest BCUT2D eigenvalue weighted by Crippen LogP contribution is 2.38. The predicted octanol–water partition coefficient (Wildman–Crippen LogP) is 5.62. The molecule has 1 aliphatic rings. The minimum absolute atomic E-state index is 0.228. The number of amides is 1. The number of rotatable bonds is 9. The third-order valence-electron chi connectivity index (χ3n) is 4.92. The van der Waals surface area contributed by atoms with Gasteiger partial charge >= 0.3 is 5.97 Å². The van der Waals surface area contributed by atoms with E-state index in [2.05, 4.69) is 12.2 Å². The van der Waals surface area contributed by atoms with Gasteiger partial charge in [0.2, 0.25) is 0 Å². The Kier molecular flexibility index (Phi) is 7.69. The summed E-state index contributed by atoms with van der Waals surface area (Å²) in [5.41, 5.74) is 2.13. The Labute approximate surface area is 176 Å². The summed E-state index contributed by atoms with van der Waals surface area (Å²) in [6, 6.07) is 7.11. The monoisotopic (exact) mass is 415 g/mol. The Morgan fingerprint density at radius 3 is 2.52 bits per heavy atom. The number of fused-ring (bicyclic) bond motifs is 1. The summed E-state index contributed by atoms with van der Waals surface area (Å²) in [5.74, 6) is 0.194. The first-order chi connectivity index (χ1) is 14.1. The third kappa shape index (κ3) is 5.38. The molecule has 0 radical (unpaired) electrons. The highest BCUT2D eigenvalue weighted by Gasteiger charge is 2.27. The van der Waals surface area contributed by atoms with Crippen molar-refractivity contribution in [3.05, 3.63) is 45.8 Å². The lowest BCUT2D eigenvalue weighted by atomic mass is 9.95. The fourth-order valence-corrected chi connectivity index (χ4v) is 4.62. The van der Waals surface area contributed by atoms with Crippen LogP contribution in [0.2, 0.25) is 0 Å². The summed E-state index contributed by atoms with van der Waals surface area (Å²) in [4.78, 5) is 26.6. The van der Waals surface area contributed by atoms with Crippen LogP contribution in [0.4, 0.5) is 5.00 Å². The maximum Gasteiger partial charge on any atom is 0.341 e. The van der Waals surface area contributed by atoms with E-state index in [-0.39, 0.29) is 11.9 Å². The molecule has 0 spiro atoms. The fraction of sp³-hybridized carbons (Fsp3) is 0.478. The molecule has 2 aromatic rings. The number of nitrogens with one attached hydrogen (secondary N) is 1. The van der Waals surface area contributed by atoms with Crippen molar-refractivity contribution >= 4 is 28.2 Å². The summed E-state index contributed by atoms with van der Waals surface area (Å²) >= 11 is 1.51. The molecule has 5 nitrogen and oxygen atoms in total. The Hall–Kier alpha value is -2.34. The van der Waals surface area contributed by atoms with E-state index in [9.17, 15) is 9.59 Å². The second kappa shape index (κ2) is 10.4. The van der Waals surface area contributed by atoms with E-state index in [1.165, 1.54) is 16.2 Å². The Balaban J connectivity index is 1.75. The van der Waals surface area contributed by atoms with Gasteiger partial charge in [-0.15, -0.1) is 11.3 Å². The molecular formula is C23H29NO4S. The highest BCUT2D eigenvalue weighted by atomic mass is 32.1. The SMILES string of the molecule is CCCCOc1ccc(C(=O)Nc2sc3c(c2C(=O)OCCC)CCCC3)cc1. The molecular weight excluding hydrogens is 386 g/mol. The molecule has 1 heterocycles. The first-order valence-electron chi connectivity index (χ1n) is 10.5. The molecule has 1 N–H and O–H groups in total. The quantitative estimate of drug-likeness (QED) is 0.426. The maximum absolute atomic E-state index is 12.8. The molecule has 0 saturated carbocycles. The number of benzene rings is 1. The van der Waals surface area contributed by atoms with Crippen LogP contribution < -0.4 is 10.1 Å². The first kappa shape index (κ1) is 21.4. The van der Waals surface area contributed by atoms with Crippen LogP contribution in [0.15, 0.2) is 24.3 Å². The molecule has 29 heavy (non-hydrogen) atoms. The van der Waals surface area contributed by atoms with Crippen LogP contribution in [0.1, 0.15) is 77.1 Å². The number of anilines is 1. The van der Waals surface area contributed by atoms with Gasteiger partial charge in [-0.1, -0.05) is 20.3 Å². The predicted molar refractivity (Wildman–Crippen MR) is 116 cm³/mol. The molecule has 3 rings (SSSR count). The van der Waals surface area contributed by atoms with Gasteiger partial charge in [-0.2, -0.15) is 0 Å². The molecule has 1 aromatic heterocycles. The molecule has 0 atom stereocenters. The lowest BCUT2D eigenvalue weighted by Crippen LogP contribution is -2.16. The van der Waals surface area contributed by atoms with Crippen molar-refractivity contribution in [2.24, 2.45) is 0 Å². The number of ether oxygens (including phenoxy) is 2. The molecule has 1 aromatic carbocycles. The largest absolute Gasteiger partial charge is 0.494 e. The molecule has 1 amide bonds. The molecule has 156 valence electrons. The first-order valence-corrected chi connectivity index (χ1v) is 11.3. The van der Waals surface area contributed by atoms with Gasteiger partial charge in [-0.25, -0.2) is 4.79 Å². The van der Waals surface area contributed by atoms with Crippen molar-refractivity contribution in [1.82, 2.24) is 0 Å². The van der Waals surface area contributed by atoms with Gasteiger partial charge in [-0.3, -0.25) is 4.79 Å². The van der Waals surface area contributed by atoms with E-state index in [1.54, 1.807) is 24.3 Å². The van der Waals surface area contributed by atoms with Crippen molar-refractivity contribution < 1.29 is 19.1 Å². The average molecular weight is 416 g/mol. The Morgan fingerprint density at radius 1 is 1.03 bits per heavy atom. The minimum atomic E-state index is -0.332. The van der Waals surface area contributed by atoms with Crippen LogP contribution >= 0.6 is 11.3 Å². The van der Waals surface area contributed by atoms with E-state index < -0.39 is 0 Å². The van der Waals surface area contributed by atoms with Gasteiger partial charge in [0.05, 0.1) is 18.8 Å². The van der Waals surface area contributed by atoms with Gasteiger partial charge in [-0.05, 0) is 68.4 Å². The van der Waals surface area contributed by atoms with Crippen LogP contribution in [-0.4, -0.2) is 25.1 Å². The van der Waals surface area contributed by atoms with Crippen molar-refractivity contribution in [2.45, 2.75) is 58.8 Å². The van der Waals surface area contributed by atoms with Crippen molar-refractivity contribution in [1.29, 1.82) is 0 Å². The zero-order valence-electron chi connectivity index (χ0n) is 17.2. The lowest BCUT2D eigenvalue weighted by Gasteiger charge is -2.12. The van der Waals surface area contributed by atoms with Crippen LogP contribution in [0, 0.1) is 0 Å². The summed E-state index contributed by atoms with van der Waals surface area (Å²) in [6.45, 7) is 5.14. The van der Waals surface area contributed by atoms with E-state index in [1.807, 2.05) is 6.92 Å². The zero-order chi connectivity index (χ0) is 20.6. The van der Waals surface area contributed by atoms with Gasteiger partial charge in [0.15, 0.2) is 0 Å². The van der Waals surface area contributed by atoms with Crippen molar-refractivity contribution in [3.8, 4) is 5.75 Å². The number of hydrogen-bond donors (Lipinski definition) is 1. The number of unbranched alkanes of at least 4 members (excludes halogenated alkanes) is 1. The van der Waals surface area contributed by atoms with Crippen LogP contribution in [0.25, 0.3) is 0 Å². The molecule has 0 saturated heterocycles. The highest BCUT2D eigenvalue weighted by molar-refractivity contribution is 7.17. The van der Waals surface area contributed by atoms with Crippen molar-refractivity contribution in [3.63, 3.8) is 0 Å². The van der Waals surface area contributed by atoms with E-state index in [0.717, 1.165) is 56.3 Å². The Morgan fingerprint density at radius 2 is 1.79 bits per heavy atom. The summed E-state index contributed by atoms with van der Waals surface area (Å²) < 4.78 is 11.0. The number of hydrogen-bond acceptors (Lipinski definition) is 5. The number of carbonyl (C=O) groups excluding carboxylic acids is 2. The maximum atomic E-state index is 12.8. The van der Waals surface area contributed by atoms with Crippen LogP contribution in [0.5, 0.6) is 5.75 Å². The average Bonchev–Trinajstić information content (AvgIpc) is 3.10. The zero-order valence-corrected chi connectivity index (χ0v) is 18.0. The second-order valence-corrected chi connectivity index (χ2v) is 8.34. The number of aryl methyl sites for hydroxylation is 1. The number of thiophene rings is 1. The molecule has 0 bridgehead atoms.